The number of hydrogen-bond donors (Lipinski definition) is 0. The van der Waals surface area contributed by atoms with Gasteiger partial charge in [0.05, 0.1) is 33.3 Å². The maximum Gasteiger partial charge on any atom is 0.235 e. The summed E-state index contributed by atoms with van der Waals surface area (Å²) in [6, 6.07) is 60.5. The molecule has 0 aliphatic carbocycles. The Morgan fingerprint density at radius 2 is 0.900 bits per heavy atom. The molecule has 4 heteroatoms. The lowest BCUT2D eigenvalue weighted by Crippen LogP contribution is -2.04. The van der Waals surface area contributed by atoms with E-state index < -0.39 is 0 Å². The van der Waals surface area contributed by atoms with Crippen molar-refractivity contribution in [3.05, 3.63) is 170 Å². The number of benzene rings is 8. The number of nitrogens with zero attached hydrogens (tertiary/aromatic N) is 4. The van der Waals surface area contributed by atoms with E-state index in [1.165, 1.54) is 54.1 Å². The van der Waals surface area contributed by atoms with Gasteiger partial charge in [-0.05, 0) is 52.6 Å². The van der Waals surface area contributed by atoms with Crippen molar-refractivity contribution in [2.45, 2.75) is 0 Å². The lowest BCUT2D eigenvalue weighted by molar-refractivity contribution is 1.02. The molecule has 0 aliphatic rings. The molecule has 0 saturated carbocycles. The zero-order valence-corrected chi connectivity index (χ0v) is 27.0. The third-order valence-electron chi connectivity index (χ3n) is 10.3. The molecule has 0 unspecified atom stereocenters. The van der Waals surface area contributed by atoms with Crippen LogP contribution in [0.4, 0.5) is 0 Å². The first-order valence-corrected chi connectivity index (χ1v) is 17.0. The summed E-state index contributed by atoms with van der Waals surface area (Å²) in [7, 11) is 0. The number of hydrogen-bond acceptors (Lipinski definition) is 2. The minimum Gasteiger partial charge on any atom is -0.309 e. The molecule has 0 fully saturated rings. The van der Waals surface area contributed by atoms with Crippen LogP contribution >= 0.6 is 0 Å². The second-order valence-corrected chi connectivity index (χ2v) is 12.9. The Morgan fingerprint density at radius 1 is 0.340 bits per heavy atom. The molecular weight excluding hydrogens is 609 g/mol. The largest absolute Gasteiger partial charge is 0.309 e. The average Bonchev–Trinajstić information content (AvgIpc) is 3.72. The second kappa shape index (κ2) is 10.4. The maximum atomic E-state index is 5.44. The molecule has 0 spiro atoms. The highest BCUT2D eigenvalue weighted by molar-refractivity contribution is 6.38. The fourth-order valence-electron chi connectivity index (χ4n) is 8.26. The molecule has 0 bridgehead atoms. The summed E-state index contributed by atoms with van der Waals surface area (Å²) >= 11 is 0. The molecule has 232 valence electrons. The fraction of sp³-hybridized carbons (Fsp3) is 0. The molecule has 8 aromatic carbocycles. The molecule has 50 heavy (non-hydrogen) atoms. The van der Waals surface area contributed by atoms with Gasteiger partial charge in [-0.15, -0.1) is 0 Å². The van der Waals surface area contributed by atoms with Crippen molar-refractivity contribution in [3.8, 4) is 22.9 Å². The highest BCUT2D eigenvalue weighted by Gasteiger charge is 2.25. The normalized spacial score (nSPS) is 12.0. The van der Waals surface area contributed by atoms with Gasteiger partial charge in [-0.25, -0.2) is 9.97 Å². The minimum absolute atomic E-state index is 0.661. The molecule has 3 aromatic heterocycles. The Kier molecular flexibility index (Phi) is 5.63. The van der Waals surface area contributed by atoms with E-state index in [-0.39, 0.29) is 0 Å². The van der Waals surface area contributed by atoms with Gasteiger partial charge in [0, 0.05) is 43.6 Å². The molecule has 4 nitrogen and oxygen atoms in total. The smallest absolute Gasteiger partial charge is 0.235 e. The first kappa shape index (κ1) is 27.2. The van der Waals surface area contributed by atoms with E-state index in [4.69, 9.17) is 9.97 Å². The van der Waals surface area contributed by atoms with Crippen LogP contribution in [0, 0.1) is 0 Å². The van der Waals surface area contributed by atoms with Gasteiger partial charge in [-0.3, -0.25) is 4.57 Å². The third kappa shape index (κ3) is 3.70. The Labute approximate surface area is 287 Å². The van der Waals surface area contributed by atoms with E-state index in [1.54, 1.807) is 0 Å². The standard InChI is InChI=1S/C46H28N4/c1-3-15-29(16-4-1)44-35-23-11-13-25-37(35)47-46(48-44)50-40-28-27-39-41(36-24-12-14-26-38(36)49(39)30-17-5-2-6-18-30)43(40)42-33-21-9-7-19-31(33)32-20-8-10-22-34(32)45(42)50/h1-28H. The van der Waals surface area contributed by atoms with Crippen LogP contribution in [0.3, 0.4) is 0 Å². The Balaban J connectivity index is 1.41. The van der Waals surface area contributed by atoms with Crippen molar-refractivity contribution < 1.29 is 0 Å². The van der Waals surface area contributed by atoms with Gasteiger partial charge < -0.3 is 4.57 Å². The van der Waals surface area contributed by atoms with E-state index in [1.807, 2.05) is 0 Å². The van der Waals surface area contributed by atoms with E-state index in [9.17, 15) is 0 Å². The summed E-state index contributed by atoms with van der Waals surface area (Å²) in [5.74, 6) is 0.661. The predicted octanol–water partition coefficient (Wildman–Crippen LogP) is 11.8. The topological polar surface area (TPSA) is 35.6 Å². The summed E-state index contributed by atoms with van der Waals surface area (Å²) in [5.41, 5.74) is 8.60. The Morgan fingerprint density at radius 3 is 1.66 bits per heavy atom. The van der Waals surface area contributed by atoms with Crippen molar-refractivity contribution >= 4 is 76.1 Å². The van der Waals surface area contributed by atoms with Crippen molar-refractivity contribution in [1.29, 1.82) is 0 Å². The lowest BCUT2D eigenvalue weighted by atomic mass is 9.95. The van der Waals surface area contributed by atoms with Gasteiger partial charge in [0.25, 0.3) is 0 Å². The van der Waals surface area contributed by atoms with Crippen LogP contribution < -0.4 is 0 Å². The molecule has 3 heterocycles. The first-order valence-electron chi connectivity index (χ1n) is 17.0. The molecule has 11 rings (SSSR count). The van der Waals surface area contributed by atoms with Crippen LogP contribution in [0.1, 0.15) is 0 Å². The zero-order valence-electron chi connectivity index (χ0n) is 27.0. The van der Waals surface area contributed by atoms with Crippen molar-refractivity contribution in [2.24, 2.45) is 0 Å². The van der Waals surface area contributed by atoms with Gasteiger partial charge in [-0.2, -0.15) is 0 Å². The van der Waals surface area contributed by atoms with Crippen LogP contribution in [0.5, 0.6) is 0 Å². The number of para-hydroxylation sites is 3. The van der Waals surface area contributed by atoms with E-state index >= 15 is 0 Å². The van der Waals surface area contributed by atoms with E-state index in [0.717, 1.165) is 38.9 Å². The van der Waals surface area contributed by atoms with Gasteiger partial charge >= 0.3 is 0 Å². The Hall–Kier alpha value is -6.78. The average molecular weight is 637 g/mol. The molecule has 0 aliphatic heterocycles. The summed E-state index contributed by atoms with van der Waals surface area (Å²) in [6.07, 6.45) is 0. The van der Waals surface area contributed by atoms with Crippen LogP contribution in [-0.2, 0) is 0 Å². The number of aromatic nitrogens is 4. The molecule has 0 radical (unpaired) electrons. The monoisotopic (exact) mass is 636 g/mol. The summed E-state index contributed by atoms with van der Waals surface area (Å²) < 4.78 is 4.73. The Bertz CT molecular complexity index is 3140. The number of fused-ring (bicyclic) bond motifs is 13. The summed E-state index contributed by atoms with van der Waals surface area (Å²) in [6.45, 7) is 0. The molecule has 11 aromatic rings. The van der Waals surface area contributed by atoms with Gasteiger partial charge in [0.2, 0.25) is 5.95 Å². The SMILES string of the molecule is c1ccc(-c2nc(-n3c4ccc5c(c6ccccc6n5-c5ccccc5)c4c4c5ccccc5c5ccccc5c43)nc3ccccc23)cc1. The first-order chi connectivity index (χ1) is 24.8. The van der Waals surface area contributed by atoms with Crippen molar-refractivity contribution in [2.75, 3.05) is 0 Å². The van der Waals surface area contributed by atoms with Crippen molar-refractivity contribution in [3.63, 3.8) is 0 Å². The molecule has 0 atom stereocenters. The summed E-state index contributed by atoms with van der Waals surface area (Å²) in [5, 5.41) is 10.8. The van der Waals surface area contributed by atoms with Gasteiger partial charge in [0.1, 0.15) is 0 Å². The minimum atomic E-state index is 0.661. The number of rotatable bonds is 3. The van der Waals surface area contributed by atoms with Crippen LogP contribution in [0.15, 0.2) is 170 Å². The van der Waals surface area contributed by atoms with E-state index in [0.29, 0.717) is 5.95 Å². The second-order valence-electron chi connectivity index (χ2n) is 12.9. The van der Waals surface area contributed by atoms with Gasteiger partial charge in [-0.1, -0.05) is 133 Å². The molecule has 0 N–H and O–H groups in total. The summed E-state index contributed by atoms with van der Waals surface area (Å²) in [4.78, 5) is 10.8. The van der Waals surface area contributed by atoms with Gasteiger partial charge in [0.15, 0.2) is 0 Å². The lowest BCUT2D eigenvalue weighted by Gasteiger charge is -2.13. The fourth-order valence-corrected chi connectivity index (χ4v) is 8.26. The van der Waals surface area contributed by atoms with E-state index in [2.05, 4.69) is 179 Å². The van der Waals surface area contributed by atoms with Crippen LogP contribution in [0.2, 0.25) is 0 Å². The molecular formula is C46H28N4. The molecule has 0 amide bonds. The van der Waals surface area contributed by atoms with Crippen LogP contribution in [-0.4, -0.2) is 19.1 Å². The predicted molar refractivity (Wildman–Crippen MR) is 209 cm³/mol. The third-order valence-corrected chi connectivity index (χ3v) is 10.3. The molecule has 0 saturated heterocycles. The maximum absolute atomic E-state index is 5.44. The highest BCUT2D eigenvalue weighted by Crippen LogP contribution is 2.47. The van der Waals surface area contributed by atoms with Crippen LogP contribution in [0.25, 0.3) is 99.0 Å². The quantitative estimate of drug-likeness (QED) is 0.181. The highest BCUT2D eigenvalue weighted by atomic mass is 15.2. The zero-order chi connectivity index (χ0) is 32.8. The van der Waals surface area contributed by atoms with Crippen molar-refractivity contribution in [1.82, 2.24) is 19.1 Å².